The van der Waals surface area contributed by atoms with Gasteiger partial charge in [-0.1, -0.05) is 386 Å². The zero-order valence-electron chi connectivity index (χ0n) is 56.1. The van der Waals surface area contributed by atoms with Crippen LogP contribution >= 0.6 is 0 Å². The van der Waals surface area contributed by atoms with Crippen LogP contribution in [-0.2, 0) is 28.6 Å². The monoisotopic (exact) mass is 1160 g/mol. The second kappa shape index (κ2) is 71.6. The van der Waals surface area contributed by atoms with Crippen molar-refractivity contribution in [3.8, 4) is 0 Å². The van der Waals surface area contributed by atoms with Gasteiger partial charge in [0, 0.05) is 19.3 Å². The van der Waals surface area contributed by atoms with Crippen LogP contribution in [0.25, 0.3) is 0 Å². The smallest absolute Gasteiger partial charge is 0.306 e. The number of allylic oxidation sites excluding steroid dienone is 2. The summed E-state index contributed by atoms with van der Waals surface area (Å²) in [6.45, 7) is 6.75. The Kier molecular flexibility index (Phi) is 70.0. The molecule has 6 nitrogen and oxygen atoms in total. The molecule has 0 amide bonds. The van der Waals surface area contributed by atoms with Crippen LogP contribution < -0.4 is 0 Å². The number of unbranched alkanes of at least 4 members (excludes halogenated alkanes) is 58. The predicted octanol–water partition coefficient (Wildman–Crippen LogP) is 26.0. The van der Waals surface area contributed by atoms with E-state index in [2.05, 4.69) is 32.9 Å². The number of rotatable bonds is 71. The van der Waals surface area contributed by atoms with Crippen LogP contribution in [0.5, 0.6) is 0 Å². The summed E-state index contributed by atoms with van der Waals surface area (Å²) < 4.78 is 17.1. The molecule has 486 valence electrons. The molecule has 0 aromatic heterocycles. The molecule has 82 heavy (non-hydrogen) atoms. The van der Waals surface area contributed by atoms with Crippen LogP contribution in [0.2, 0.25) is 0 Å². The zero-order valence-corrected chi connectivity index (χ0v) is 56.1. The summed E-state index contributed by atoms with van der Waals surface area (Å²) in [7, 11) is 0. The van der Waals surface area contributed by atoms with Crippen LogP contribution in [0.3, 0.4) is 0 Å². The summed E-state index contributed by atoms with van der Waals surface area (Å²) in [6.07, 6.45) is 86.8. The number of ether oxygens (including phenoxy) is 3. The first-order valence-corrected chi connectivity index (χ1v) is 37.7. The maximum atomic E-state index is 13.0. The molecule has 0 bridgehead atoms. The highest BCUT2D eigenvalue weighted by molar-refractivity contribution is 5.71. The van der Waals surface area contributed by atoms with Gasteiger partial charge in [-0.05, 0) is 44.9 Å². The number of hydrogen-bond acceptors (Lipinski definition) is 6. The Labute approximate surface area is 513 Å². The fraction of sp³-hybridized carbons (Fsp3) is 0.934. The van der Waals surface area contributed by atoms with Crippen molar-refractivity contribution in [2.75, 3.05) is 13.2 Å². The van der Waals surface area contributed by atoms with Crippen LogP contribution in [-0.4, -0.2) is 37.2 Å². The first kappa shape index (κ1) is 80.2. The molecule has 1 unspecified atom stereocenters. The van der Waals surface area contributed by atoms with E-state index in [9.17, 15) is 14.4 Å². The van der Waals surface area contributed by atoms with Gasteiger partial charge in [0.05, 0.1) is 0 Å². The van der Waals surface area contributed by atoms with Gasteiger partial charge in [0.25, 0.3) is 0 Å². The predicted molar refractivity (Wildman–Crippen MR) is 358 cm³/mol. The molecule has 0 fully saturated rings. The first-order valence-electron chi connectivity index (χ1n) is 37.7. The summed E-state index contributed by atoms with van der Waals surface area (Å²) in [5.41, 5.74) is 0. The van der Waals surface area contributed by atoms with E-state index in [-0.39, 0.29) is 31.1 Å². The van der Waals surface area contributed by atoms with Crippen molar-refractivity contribution in [2.45, 2.75) is 444 Å². The van der Waals surface area contributed by atoms with Gasteiger partial charge in [0.2, 0.25) is 0 Å². The molecule has 0 spiro atoms. The second-order valence-corrected chi connectivity index (χ2v) is 25.9. The van der Waals surface area contributed by atoms with E-state index in [0.29, 0.717) is 19.3 Å². The molecule has 0 aliphatic heterocycles. The average molecular weight is 1160 g/mol. The Morgan fingerprint density at radius 2 is 0.402 bits per heavy atom. The lowest BCUT2D eigenvalue weighted by molar-refractivity contribution is -0.167. The van der Waals surface area contributed by atoms with Gasteiger partial charge < -0.3 is 14.2 Å². The standard InChI is InChI=1S/C76H146O6/c1-4-7-10-13-16-19-22-25-28-31-34-36-37-38-39-41-42-45-48-51-54-57-60-63-66-69-75(78)81-72-73(71-80-74(77)68-65-62-59-56-53-50-47-44-33-30-27-24-21-18-15-12-9-6-3)82-76(79)70-67-64-61-58-55-52-49-46-43-40-35-32-29-26-23-20-17-14-11-8-5-2/h31,34,73H,4-30,32-33,35-72H2,1-3H3/b34-31-. The Morgan fingerprint density at radius 3 is 0.610 bits per heavy atom. The highest BCUT2D eigenvalue weighted by Gasteiger charge is 2.20. The SMILES string of the molecule is CCCCCCCCCC/C=C\CCCCCCCCCCCCCCCC(=O)OCC(COC(=O)CCCCCCCCCCCCCCCCCCCC)OC(=O)CCCCCCCCCCCCCCCCCCCCCCC. The molecule has 0 radical (unpaired) electrons. The van der Waals surface area contributed by atoms with E-state index in [4.69, 9.17) is 14.2 Å². The van der Waals surface area contributed by atoms with Crippen molar-refractivity contribution in [1.29, 1.82) is 0 Å². The van der Waals surface area contributed by atoms with Gasteiger partial charge in [-0.2, -0.15) is 0 Å². The Morgan fingerprint density at radius 1 is 0.232 bits per heavy atom. The summed E-state index contributed by atoms with van der Waals surface area (Å²) in [6, 6.07) is 0. The molecule has 0 heterocycles. The van der Waals surface area contributed by atoms with Crippen LogP contribution in [0.15, 0.2) is 12.2 Å². The number of carbonyl (C=O) groups excluding carboxylic acids is 3. The highest BCUT2D eigenvalue weighted by Crippen LogP contribution is 2.20. The van der Waals surface area contributed by atoms with E-state index in [1.807, 2.05) is 0 Å². The molecule has 0 saturated heterocycles. The van der Waals surface area contributed by atoms with Crippen LogP contribution in [0.1, 0.15) is 438 Å². The summed E-state index contributed by atoms with van der Waals surface area (Å²) >= 11 is 0. The summed E-state index contributed by atoms with van der Waals surface area (Å²) in [4.78, 5) is 38.6. The van der Waals surface area contributed by atoms with E-state index in [1.165, 1.54) is 340 Å². The molecule has 0 saturated carbocycles. The molecule has 0 aromatic carbocycles. The minimum Gasteiger partial charge on any atom is -0.462 e. The molecule has 1 atom stereocenters. The van der Waals surface area contributed by atoms with E-state index in [1.54, 1.807) is 0 Å². The van der Waals surface area contributed by atoms with E-state index < -0.39 is 6.10 Å². The topological polar surface area (TPSA) is 78.9 Å². The van der Waals surface area contributed by atoms with Gasteiger partial charge in [-0.3, -0.25) is 14.4 Å². The molecule has 0 rings (SSSR count). The van der Waals surface area contributed by atoms with Crippen LogP contribution in [0.4, 0.5) is 0 Å². The van der Waals surface area contributed by atoms with Crippen molar-refractivity contribution in [2.24, 2.45) is 0 Å². The van der Waals surface area contributed by atoms with Gasteiger partial charge in [0.15, 0.2) is 6.10 Å². The van der Waals surface area contributed by atoms with Crippen molar-refractivity contribution in [3.63, 3.8) is 0 Å². The molecule has 0 aliphatic carbocycles. The van der Waals surface area contributed by atoms with Crippen molar-refractivity contribution >= 4 is 17.9 Å². The zero-order chi connectivity index (χ0) is 59.2. The average Bonchev–Trinajstić information content (AvgIpc) is 3.47. The van der Waals surface area contributed by atoms with E-state index >= 15 is 0 Å². The third-order valence-electron chi connectivity index (χ3n) is 17.5. The molecule has 6 heteroatoms. The van der Waals surface area contributed by atoms with Crippen molar-refractivity contribution in [3.05, 3.63) is 12.2 Å². The quantitative estimate of drug-likeness (QED) is 0.0261. The lowest BCUT2D eigenvalue weighted by Gasteiger charge is -2.18. The highest BCUT2D eigenvalue weighted by atomic mass is 16.6. The third kappa shape index (κ3) is 68.9. The van der Waals surface area contributed by atoms with Gasteiger partial charge in [-0.25, -0.2) is 0 Å². The molecule has 0 N–H and O–H groups in total. The number of esters is 3. The maximum Gasteiger partial charge on any atom is 0.306 e. The van der Waals surface area contributed by atoms with Gasteiger partial charge in [-0.15, -0.1) is 0 Å². The fourth-order valence-electron chi connectivity index (χ4n) is 11.9. The Bertz CT molecular complexity index is 1280. The minimum atomic E-state index is -0.767. The lowest BCUT2D eigenvalue weighted by atomic mass is 10.0. The van der Waals surface area contributed by atoms with Crippen molar-refractivity contribution in [1.82, 2.24) is 0 Å². The van der Waals surface area contributed by atoms with Gasteiger partial charge >= 0.3 is 17.9 Å². The van der Waals surface area contributed by atoms with Gasteiger partial charge in [0.1, 0.15) is 13.2 Å². The maximum absolute atomic E-state index is 13.0. The number of carbonyl (C=O) groups is 3. The summed E-state index contributed by atoms with van der Waals surface area (Å²) in [5, 5.41) is 0. The molecular formula is C76H146O6. The Balaban J connectivity index is 4.26. The lowest BCUT2D eigenvalue weighted by Crippen LogP contribution is -2.30. The minimum absolute atomic E-state index is 0.0620. The first-order chi connectivity index (χ1) is 40.5. The molecule has 0 aromatic rings. The third-order valence-corrected chi connectivity index (χ3v) is 17.5. The molecular weight excluding hydrogens is 1010 g/mol. The largest absolute Gasteiger partial charge is 0.462 e. The Hall–Kier alpha value is -1.85. The normalized spacial score (nSPS) is 12.0. The second-order valence-electron chi connectivity index (χ2n) is 25.9. The van der Waals surface area contributed by atoms with E-state index in [0.717, 1.165) is 57.8 Å². The fourth-order valence-corrected chi connectivity index (χ4v) is 11.9. The summed E-state index contributed by atoms with van der Waals surface area (Å²) in [5.74, 6) is -0.820. The molecule has 0 aliphatic rings. The van der Waals surface area contributed by atoms with Crippen molar-refractivity contribution < 1.29 is 28.6 Å². The number of hydrogen-bond donors (Lipinski definition) is 0. The van der Waals surface area contributed by atoms with Crippen LogP contribution in [0, 0.1) is 0 Å².